The number of ether oxygens (including phenoxy) is 5. The molecule has 1 aromatic rings. The summed E-state index contributed by atoms with van der Waals surface area (Å²) in [6.07, 6.45) is -10.4. The van der Waals surface area contributed by atoms with E-state index >= 15 is 0 Å². The third-order valence-electron chi connectivity index (χ3n) is 5.49. The molecule has 3 rings (SSSR count). The predicted molar refractivity (Wildman–Crippen MR) is 109 cm³/mol. The number of rotatable bonds is 7. The van der Waals surface area contributed by atoms with Crippen molar-refractivity contribution in [2.45, 2.75) is 55.6 Å². The Morgan fingerprint density at radius 3 is 2.31 bits per heavy atom. The van der Waals surface area contributed by atoms with Crippen molar-refractivity contribution in [2.75, 3.05) is 26.9 Å². The fourth-order valence-corrected chi connectivity index (χ4v) is 3.82. The Labute approximate surface area is 193 Å². The maximum absolute atomic E-state index is 10.3. The number of benzene rings is 1. The van der Waals surface area contributed by atoms with E-state index in [2.05, 4.69) is 0 Å². The van der Waals surface area contributed by atoms with Gasteiger partial charge in [0.2, 0.25) is 6.29 Å². The molecular weight excluding hydrogens is 475 g/mol. The highest BCUT2D eigenvalue weighted by Gasteiger charge is 2.50. The van der Waals surface area contributed by atoms with Crippen molar-refractivity contribution in [2.24, 2.45) is 0 Å². The summed E-state index contributed by atoms with van der Waals surface area (Å²) in [6.45, 7) is 0.105. The smallest absolute Gasteiger partial charge is 0.229 e. The molecule has 8 atom stereocenters. The zero-order valence-corrected chi connectivity index (χ0v) is 18.7. The Morgan fingerprint density at radius 1 is 1.06 bits per heavy atom. The van der Waals surface area contributed by atoms with Gasteiger partial charge < -0.3 is 54.3 Å². The van der Waals surface area contributed by atoms with Crippen LogP contribution in [0, 0.1) is 6.92 Å². The van der Waals surface area contributed by atoms with Crippen LogP contribution >= 0.6 is 23.2 Å². The molecule has 0 saturated carbocycles. The quantitative estimate of drug-likeness (QED) is 0.270. The molecule has 0 aliphatic carbocycles. The van der Waals surface area contributed by atoms with E-state index in [0.717, 1.165) is 0 Å². The highest BCUT2D eigenvalue weighted by Crippen LogP contribution is 2.41. The highest BCUT2D eigenvalue weighted by molar-refractivity contribution is 6.37. The summed E-state index contributed by atoms with van der Waals surface area (Å²) in [6, 6.07) is 1.38. The lowest BCUT2D eigenvalue weighted by atomic mass is 9.99. The molecule has 2 heterocycles. The van der Waals surface area contributed by atoms with Crippen LogP contribution in [-0.4, -0.2) is 106 Å². The Morgan fingerprint density at radius 2 is 1.72 bits per heavy atom. The topological polar surface area (TPSA) is 168 Å². The first-order valence-electron chi connectivity index (χ1n) is 9.67. The lowest BCUT2D eigenvalue weighted by molar-refractivity contribution is -0.289. The monoisotopic (exact) mass is 500 g/mol. The number of hydrogen-bond donors (Lipinski definition) is 6. The first-order valence-corrected chi connectivity index (χ1v) is 10.4. The van der Waals surface area contributed by atoms with Gasteiger partial charge in [-0.05, 0) is 12.5 Å². The molecule has 2 fully saturated rings. The maximum atomic E-state index is 10.3. The summed E-state index contributed by atoms with van der Waals surface area (Å²) in [5.74, 6) is 0.318. The lowest BCUT2D eigenvalue weighted by Crippen LogP contribution is -2.60. The van der Waals surface area contributed by atoms with Crippen molar-refractivity contribution in [3.63, 3.8) is 0 Å². The van der Waals surface area contributed by atoms with Gasteiger partial charge in [-0.1, -0.05) is 23.2 Å². The van der Waals surface area contributed by atoms with Gasteiger partial charge in [-0.3, -0.25) is 0 Å². The van der Waals surface area contributed by atoms with Crippen LogP contribution in [0.15, 0.2) is 6.07 Å². The van der Waals surface area contributed by atoms with Crippen LogP contribution in [0.1, 0.15) is 5.56 Å². The minimum Gasteiger partial charge on any atom is -0.495 e. The molecule has 11 nitrogen and oxygen atoms in total. The van der Waals surface area contributed by atoms with Crippen molar-refractivity contribution < 1.29 is 54.3 Å². The molecule has 182 valence electrons. The molecule has 2 aliphatic rings. The van der Waals surface area contributed by atoms with Gasteiger partial charge in [0, 0.05) is 6.07 Å². The predicted octanol–water partition coefficient (Wildman–Crippen LogP) is -1.05. The van der Waals surface area contributed by atoms with Crippen molar-refractivity contribution in [1.29, 1.82) is 0 Å². The Balaban J connectivity index is 1.72. The molecule has 1 aromatic carbocycles. The molecule has 0 unspecified atom stereocenters. The molecule has 0 bridgehead atoms. The molecule has 2 saturated heterocycles. The average molecular weight is 501 g/mol. The van der Waals surface area contributed by atoms with E-state index in [0.29, 0.717) is 5.56 Å². The molecule has 6 N–H and O–H groups in total. The van der Waals surface area contributed by atoms with Gasteiger partial charge in [-0.15, -0.1) is 0 Å². The summed E-state index contributed by atoms with van der Waals surface area (Å²) in [5.41, 5.74) is -1.43. The third-order valence-corrected chi connectivity index (χ3v) is 6.43. The number of aliphatic hydroxyl groups is 6. The molecule has 32 heavy (non-hydrogen) atoms. The Hall–Kier alpha value is -0.960. The third kappa shape index (κ3) is 4.79. The minimum absolute atomic E-state index is 0.0558. The molecule has 0 amide bonds. The average Bonchev–Trinajstić information content (AvgIpc) is 3.07. The van der Waals surface area contributed by atoms with Gasteiger partial charge in [-0.2, -0.15) is 0 Å². The van der Waals surface area contributed by atoms with Crippen LogP contribution < -0.4 is 9.47 Å². The van der Waals surface area contributed by atoms with Crippen LogP contribution in [0.3, 0.4) is 0 Å². The van der Waals surface area contributed by atoms with Crippen molar-refractivity contribution in [3.8, 4) is 11.5 Å². The standard InChI is InChI=1S/C19H26Cl2O11/c1-7-11(20)8(28-2)3-9(12(7)21)31-17-15(25)14(24)13(23)10(32-17)4-29-18-16(26)19(27,5-22)6-30-18/h3,10,13-18,22-27H,4-6H2,1-2H3/t10-,13-,14+,15-,16+,17-,18-,19+/m1/s1. The fraction of sp³-hybridized carbons (Fsp3) is 0.684. The Kier molecular flexibility index (Phi) is 8.11. The SMILES string of the molecule is COc1cc(O[C@@H]2O[C@H](CO[C@@H]3OC[C@@](O)(CO)[C@H]3O)[C@@H](O)[C@H](O)[C@H]2O)c(Cl)c(C)c1Cl. The van der Waals surface area contributed by atoms with Crippen LogP contribution in [0.2, 0.25) is 10.0 Å². The molecular formula is C19H26Cl2O11. The summed E-state index contributed by atoms with van der Waals surface area (Å²) < 4.78 is 26.9. The maximum Gasteiger partial charge on any atom is 0.229 e. The number of aliphatic hydroxyl groups excluding tert-OH is 5. The summed E-state index contributed by atoms with van der Waals surface area (Å²) in [5, 5.41) is 60.5. The van der Waals surface area contributed by atoms with Gasteiger partial charge in [0.1, 0.15) is 47.6 Å². The number of methoxy groups -OCH3 is 1. The number of hydrogen-bond acceptors (Lipinski definition) is 11. The van der Waals surface area contributed by atoms with E-state index in [-0.39, 0.29) is 28.2 Å². The van der Waals surface area contributed by atoms with Crippen molar-refractivity contribution in [1.82, 2.24) is 0 Å². The van der Waals surface area contributed by atoms with Crippen LogP contribution in [-0.2, 0) is 14.2 Å². The van der Waals surface area contributed by atoms with Crippen LogP contribution in [0.5, 0.6) is 11.5 Å². The first kappa shape index (κ1) is 25.7. The van der Waals surface area contributed by atoms with E-state index in [1.54, 1.807) is 6.92 Å². The number of halogens is 2. The van der Waals surface area contributed by atoms with E-state index in [1.165, 1.54) is 13.2 Å². The first-order chi connectivity index (χ1) is 15.0. The van der Waals surface area contributed by atoms with Gasteiger partial charge >= 0.3 is 0 Å². The summed E-state index contributed by atoms with van der Waals surface area (Å²) in [4.78, 5) is 0. The molecule has 2 aliphatic heterocycles. The second kappa shape index (κ2) is 10.1. The fourth-order valence-electron chi connectivity index (χ4n) is 3.35. The van der Waals surface area contributed by atoms with E-state index in [1.807, 2.05) is 0 Å². The zero-order valence-electron chi connectivity index (χ0n) is 17.2. The van der Waals surface area contributed by atoms with Crippen molar-refractivity contribution in [3.05, 3.63) is 21.7 Å². The lowest BCUT2D eigenvalue weighted by Gasteiger charge is -2.40. The normalized spacial score (nSPS) is 37.5. The van der Waals surface area contributed by atoms with Gasteiger partial charge in [-0.25, -0.2) is 0 Å². The van der Waals surface area contributed by atoms with Gasteiger partial charge in [0.05, 0.1) is 37.0 Å². The zero-order chi connectivity index (χ0) is 23.8. The van der Waals surface area contributed by atoms with Crippen molar-refractivity contribution >= 4 is 23.2 Å². The molecule has 13 heteroatoms. The Bertz CT molecular complexity index is 812. The van der Waals surface area contributed by atoms with Crippen LogP contribution in [0.25, 0.3) is 0 Å². The summed E-state index contributed by atoms with van der Waals surface area (Å²) >= 11 is 12.4. The van der Waals surface area contributed by atoms with E-state index in [9.17, 15) is 30.6 Å². The second-order valence-electron chi connectivity index (χ2n) is 7.68. The minimum atomic E-state index is -1.89. The van der Waals surface area contributed by atoms with E-state index < -0.39 is 61.9 Å². The van der Waals surface area contributed by atoms with Crippen LogP contribution in [0.4, 0.5) is 0 Å². The van der Waals surface area contributed by atoms with Gasteiger partial charge in [0.25, 0.3) is 0 Å². The second-order valence-corrected chi connectivity index (χ2v) is 8.44. The molecule has 0 aromatic heterocycles. The largest absolute Gasteiger partial charge is 0.495 e. The molecule has 0 radical (unpaired) electrons. The van der Waals surface area contributed by atoms with E-state index in [4.69, 9.17) is 46.9 Å². The van der Waals surface area contributed by atoms with Gasteiger partial charge in [0.15, 0.2) is 6.29 Å². The highest BCUT2D eigenvalue weighted by atomic mass is 35.5. The molecule has 0 spiro atoms. The summed E-state index contributed by atoms with van der Waals surface area (Å²) in [7, 11) is 1.40.